The van der Waals surface area contributed by atoms with Gasteiger partial charge in [0, 0.05) is 18.3 Å². The highest BCUT2D eigenvalue weighted by molar-refractivity contribution is 5.99. The maximum atomic E-state index is 12.3. The Hall–Kier alpha value is -2.15. The van der Waals surface area contributed by atoms with E-state index in [-0.39, 0.29) is 23.9 Å². The molecule has 2 rings (SSSR count). The maximum absolute atomic E-state index is 12.3. The van der Waals surface area contributed by atoms with E-state index in [9.17, 15) is 20.0 Å². The second kappa shape index (κ2) is 5.23. The van der Waals surface area contributed by atoms with E-state index in [1.807, 2.05) is 0 Å². The van der Waals surface area contributed by atoms with Crippen LogP contribution in [0.3, 0.4) is 0 Å². The molecule has 1 aromatic carbocycles. The van der Waals surface area contributed by atoms with Crippen molar-refractivity contribution in [1.82, 2.24) is 4.90 Å². The van der Waals surface area contributed by atoms with Crippen LogP contribution in [0, 0.1) is 10.1 Å². The number of carbonyl (C=O) groups is 1. The van der Waals surface area contributed by atoms with Crippen molar-refractivity contribution in [2.75, 3.05) is 18.9 Å². The van der Waals surface area contributed by atoms with E-state index < -0.39 is 10.8 Å². The monoisotopic (exact) mass is 265 g/mol. The third-order valence-electron chi connectivity index (χ3n) is 3.30. The number of nitrogen functional groups attached to an aromatic ring is 1. The summed E-state index contributed by atoms with van der Waals surface area (Å²) < 4.78 is 0. The number of aliphatic hydroxyl groups is 1. The molecule has 1 aliphatic heterocycles. The summed E-state index contributed by atoms with van der Waals surface area (Å²) in [6, 6.07) is 3.66. The highest BCUT2D eigenvalue weighted by atomic mass is 16.6. The van der Waals surface area contributed by atoms with Crippen LogP contribution in [-0.2, 0) is 0 Å². The van der Waals surface area contributed by atoms with Gasteiger partial charge in [0.2, 0.25) is 0 Å². The molecule has 0 radical (unpaired) electrons. The Labute approximate surface area is 109 Å². The molecule has 0 spiro atoms. The molecule has 1 aromatic rings. The van der Waals surface area contributed by atoms with Crippen molar-refractivity contribution in [3.63, 3.8) is 0 Å². The lowest BCUT2D eigenvalue weighted by atomic mass is 10.1. The van der Waals surface area contributed by atoms with Gasteiger partial charge >= 0.3 is 0 Å². The fourth-order valence-electron chi connectivity index (χ4n) is 2.33. The lowest BCUT2D eigenvalue weighted by Gasteiger charge is -2.23. The summed E-state index contributed by atoms with van der Waals surface area (Å²) in [5, 5.41) is 20.2. The summed E-state index contributed by atoms with van der Waals surface area (Å²) in [5.41, 5.74) is 5.60. The Morgan fingerprint density at radius 2 is 2.32 bits per heavy atom. The van der Waals surface area contributed by atoms with Crippen LogP contribution in [0.1, 0.15) is 23.2 Å². The van der Waals surface area contributed by atoms with Gasteiger partial charge < -0.3 is 15.7 Å². The number of hydrogen-bond acceptors (Lipinski definition) is 5. The maximum Gasteiger partial charge on any atom is 0.282 e. The summed E-state index contributed by atoms with van der Waals surface area (Å²) in [7, 11) is 0. The van der Waals surface area contributed by atoms with Gasteiger partial charge in [-0.25, -0.2) is 0 Å². The molecular weight excluding hydrogens is 250 g/mol. The Morgan fingerprint density at radius 1 is 1.58 bits per heavy atom. The van der Waals surface area contributed by atoms with Gasteiger partial charge in [0.15, 0.2) is 0 Å². The minimum Gasteiger partial charge on any atom is -0.399 e. The predicted molar refractivity (Wildman–Crippen MR) is 68.7 cm³/mol. The van der Waals surface area contributed by atoms with E-state index in [0.717, 1.165) is 6.42 Å². The third-order valence-corrected chi connectivity index (χ3v) is 3.30. The van der Waals surface area contributed by atoms with E-state index in [0.29, 0.717) is 18.7 Å². The van der Waals surface area contributed by atoms with Crippen LogP contribution in [0.5, 0.6) is 0 Å². The molecule has 1 aliphatic rings. The first-order valence-corrected chi connectivity index (χ1v) is 6.00. The van der Waals surface area contributed by atoms with Crippen molar-refractivity contribution in [2.45, 2.75) is 18.9 Å². The lowest BCUT2D eigenvalue weighted by Crippen LogP contribution is -2.37. The SMILES string of the molecule is Nc1ccc([N+](=O)[O-])c(C(=O)N2CCCC2CO)c1. The number of rotatable bonds is 3. The molecule has 1 heterocycles. The highest BCUT2D eigenvalue weighted by Gasteiger charge is 2.32. The second-order valence-corrected chi connectivity index (χ2v) is 4.51. The number of carbonyl (C=O) groups excluding carboxylic acids is 1. The first-order valence-electron chi connectivity index (χ1n) is 6.00. The predicted octanol–water partition coefficient (Wildman–Crippen LogP) is 0.774. The normalized spacial score (nSPS) is 18.6. The van der Waals surface area contributed by atoms with Crippen molar-refractivity contribution in [1.29, 1.82) is 0 Å². The lowest BCUT2D eigenvalue weighted by molar-refractivity contribution is -0.385. The molecule has 0 aromatic heterocycles. The molecule has 7 heteroatoms. The molecule has 7 nitrogen and oxygen atoms in total. The van der Waals surface area contributed by atoms with Crippen LogP contribution in [0.2, 0.25) is 0 Å². The standard InChI is InChI=1S/C12H15N3O4/c13-8-3-4-11(15(18)19)10(6-8)12(17)14-5-1-2-9(14)7-16/h3-4,6,9,16H,1-2,5,7,13H2. The number of nitro groups is 1. The van der Waals surface area contributed by atoms with E-state index in [1.165, 1.54) is 23.1 Å². The summed E-state index contributed by atoms with van der Waals surface area (Å²) >= 11 is 0. The van der Waals surface area contributed by atoms with E-state index in [2.05, 4.69) is 0 Å². The molecule has 1 fully saturated rings. The number of amides is 1. The summed E-state index contributed by atoms with van der Waals surface area (Å²) in [5.74, 6) is -0.449. The molecule has 1 unspecified atom stereocenters. The quantitative estimate of drug-likeness (QED) is 0.476. The molecule has 0 bridgehead atoms. The van der Waals surface area contributed by atoms with Gasteiger partial charge in [-0.1, -0.05) is 0 Å². The highest BCUT2D eigenvalue weighted by Crippen LogP contribution is 2.26. The van der Waals surface area contributed by atoms with Crippen molar-refractivity contribution in [2.24, 2.45) is 0 Å². The van der Waals surface area contributed by atoms with Crippen molar-refractivity contribution in [3.05, 3.63) is 33.9 Å². The summed E-state index contributed by atoms with van der Waals surface area (Å²) in [4.78, 5) is 24.2. The molecule has 3 N–H and O–H groups in total. The third kappa shape index (κ3) is 2.50. The van der Waals surface area contributed by atoms with Crippen LogP contribution in [0.25, 0.3) is 0 Å². The zero-order chi connectivity index (χ0) is 14.0. The number of nitro benzene ring substituents is 1. The Balaban J connectivity index is 2.37. The van der Waals surface area contributed by atoms with Gasteiger partial charge in [-0.3, -0.25) is 14.9 Å². The minimum atomic E-state index is -0.600. The average Bonchev–Trinajstić information content (AvgIpc) is 2.85. The molecule has 102 valence electrons. The fourth-order valence-corrected chi connectivity index (χ4v) is 2.33. The first kappa shape index (κ1) is 13.3. The van der Waals surface area contributed by atoms with Crippen molar-refractivity contribution in [3.8, 4) is 0 Å². The molecular formula is C12H15N3O4. The van der Waals surface area contributed by atoms with Crippen LogP contribution in [-0.4, -0.2) is 40.0 Å². The molecule has 0 saturated carbocycles. The van der Waals surface area contributed by atoms with Gasteiger partial charge in [-0.15, -0.1) is 0 Å². The number of nitrogens with two attached hydrogens (primary N) is 1. The van der Waals surface area contributed by atoms with Crippen molar-refractivity contribution < 1.29 is 14.8 Å². The van der Waals surface area contributed by atoms with Crippen LogP contribution in [0.4, 0.5) is 11.4 Å². The number of nitrogens with zero attached hydrogens (tertiary/aromatic N) is 2. The molecule has 19 heavy (non-hydrogen) atoms. The van der Waals surface area contributed by atoms with Crippen LogP contribution < -0.4 is 5.73 Å². The zero-order valence-corrected chi connectivity index (χ0v) is 10.3. The number of hydrogen-bond donors (Lipinski definition) is 2. The van der Waals surface area contributed by atoms with Gasteiger partial charge in [0.1, 0.15) is 5.56 Å². The second-order valence-electron chi connectivity index (χ2n) is 4.51. The van der Waals surface area contributed by atoms with Gasteiger partial charge in [0.05, 0.1) is 17.6 Å². The summed E-state index contributed by atoms with van der Waals surface area (Å²) in [6.07, 6.45) is 1.49. The molecule has 1 atom stereocenters. The molecule has 1 saturated heterocycles. The van der Waals surface area contributed by atoms with Crippen LogP contribution >= 0.6 is 0 Å². The van der Waals surface area contributed by atoms with E-state index in [1.54, 1.807) is 0 Å². The average molecular weight is 265 g/mol. The zero-order valence-electron chi connectivity index (χ0n) is 10.3. The number of aliphatic hydroxyl groups excluding tert-OH is 1. The first-order chi connectivity index (χ1) is 9.04. The molecule has 1 amide bonds. The number of likely N-dealkylation sites (tertiary alicyclic amines) is 1. The van der Waals surface area contributed by atoms with Gasteiger partial charge in [-0.05, 0) is 25.0 Å². The van der Waals surface area contributed by atoms with Crippen LogP contribution in [0.15, 0.2) is 18.2 Å². The number of benzene rings is 1. The Kier molecular flexibility index (Phi) is 3.66. The Morgan fingerprint density at radius 3 is 2.95 bits per heavy atom. The van der Waals surface area contributed by atoms with Gasteiger partial charge in [-0.2, -0.15) is 0 Å². The van der Waals surface area contributed by atoms with E-state index in [4.69, 9.17) is 5.73 Å². The molecule has 0 aliphatic carbocycles. The smallest absolute Gasteiger partial charge is 0.282 e. The largest absolute Gasteiger partial charge is 0.399 e. The summed E-state index contributed by atoms with van der Waals surface area (Å²) in [6.45, 7) is 0.359. The number of anilines is 1. The van der Waals surface area contributed by atoms with Gasteiger partial charge in [0.25, 0.3) is 11.6 Å². The van der Waals surface area contributed by atoms with E-state index >= 15 is 0 Å². The topological polar surface area (TPSA) is 110 Å². The Bertz CT molecular complexity index is 518. The fraction of sp³-hybridized carbons (Fsp3) is 0.417. The van der Waals surface area contributed by atoms with Crippen molar-refractivity contribution >= 4 is 17.3 Å². The minimum absolute atomic E-state index is 0.0228.